The standard InChI is InChI=1S/C15H16ClNO2/c1-10(2)17-8-13(14(9-17)15(18)19-3)11-4-6-12(16)7-5-11/h4-10H,1-3H3. The Labute approximate surface area is 117 Å². The lowest BCUT2D eigenvalue weighted by Gasteiger charge is -2.05. The van der Waals surface area contributed by atoms with E-state index < -0.39 is 0 Å². The van der Waals surface area contributed by atoms with Crippen LogP contribution in [0.3, 0.4) is 0 Å². The Balaban J connectivity index is 2.54. The predicted molar refractivity (Wildman–Crippen MR) is 76.6 cm³/mol. The summed E-state index contributed by atoms with van der Waals surface area (Å²) < 4.78 is 6.83. The van der Waals surface area contributed by atoms with Gasteiger partial charge in [0.05, 0.1) is 12.7 Å². The van der Waals surface area contributed by atoms with Crippen LogP contribution < -0.4 is 0 Å². The zero-order valence-electron chi connectivity index (χ0n) is 11.2. The highest BCUT2D eigenvalue weighted by Gasteiger charge is 2.17. The summed E-state index contributed by atoms with van der Waals surface area (Å²) in [5.74, 6) is -0.329. The second-order valence-corrected chi connectivity index (χ2v) is 5.06. The van der Waals surface area contributed by atoms with Crippen molar-refractivity contribution in [1.82, 2.24) is 4.57 Å². The Morgan fingerprint density at radius 1 is 1.21 bits per heavy atom. The third-order valence-electron chi connectivity index (χ3n) is 3.00. The molecule has 1 aromatic carbocycles. The van der Waals surface area contributed by atoms with E-state index in [1.165, 1.54) is 7.11 Å². The number of carbonyl (C=O) groups excluding carboxylic acids is 1. The monoisotopic (exact) mass is 277 g/mol. The van der Waals surface area contributed by atoms with E-state index in [0.717, 1.165) is 11.1 Å². The van der Waals surface area contributed by atoms with Crippen molar-refractivity contribution in [3.05, 3.63) is 47.2 Å². The van der Waals surface area contributed by atoms with Gasteiger partial charge in [-0.1, -0.05) is 23.7 Å². The van der Waals surface area contributed by atoms with Gasteiger partial charge in [0, 0.05) is 29.0 Å². The molecule has 0 aliphatic heterocycles. The Hall–Kier alpha value is -1.74. The van der Waals surface area contributed by atoms with Crippen molar-refractivity contribution >= 4 is 17.6 Å². The molecule has 0 fully saturated rings. The number of ether oxygens (including phenoxy) is 1. The van der Waals surface area contributed by atoms with Crippen LogP contribution in [-0.2, 0) is 4.74 Å². The molecule has 0 saturated heterocycles. The van der Waals surface area contributed by atoms with Crippen LogP contribution in [-0.4, -0.2) is 17.6 Å². The largest absolute Gasteiger partial charge is 0.465 e. The van der Waals surface area contributed by atoms with Crippen molar-refractivity contribution in [3.8, 4) is 11.1 Å². The van der Waals surface area contributed by atoms with Crippen LogP contribution in [0.25, 0.3) is 11.1 Å². The number of halogens is 1. The first-order valence-corrected chi connectivity index (χ1v) is 6.46. The number of rotatable bonds is 3. The molecule has 0 spiro atoms. The van der Waals surface area contributed by atoms with E-state index in [9.17, 15) is 4.79 Å². The number of hydrogen-bond donors (Lipinski definition) is 0. The van der Waals surface area contributed by atoms with Gasteiger partial charge in [-0.15, -0.1) is 0 Å². The van der Waals surface area contributed by atoms with Crippen molar-refractivity contribution in [2.45, 2.75) is 19.9 Å². The fraction of sp³-hybridized carbons (Fsp3) is 0.267. The van der Waals surface area contributed by atoms with E-state index in [2.05, 4.69) is 13.8 Å². The van der Waals surface area contributed by atoms with Gasteiger partial charge in [0.15, 0.2) is 0 Å². The molecule has 4 heteroatoms. The van der Waals surface area contributed by atoms with E-state index in [1.54, 1.807) is 0 Å². The van der Waals surface area contributed by atoms with Gasteiger partial charge in [-0.3, -0.25) is 0 Å². The van der Waals surface area contributed by atoms with Gasteiger partial charge < -0.3 is 9.30 Å². The first-order valence-electron chi connectivity index (χ1n) is 6.08. The Kier molecular flexibility index (Phi) is 3.96. The van der Waals surface area contributed by atoms with Crippen LogP contribution >= 0.6 is 11.6 Å². The fourth-order valence-electron chi connectivity index (χ4n) is 1.90. The van der Waals surface area contributed by atoms with E-state index in [1.807, 2.05) is 41.2 Å². The molecule has 0 atom stereocenters. The number of aromatic nitrogens is 1. The quantitative estimate of drug-likeness (QED) is 0.788. The van der Waals surface area contributed by atoms with Gasteiger partial charge >= 0.3 is 5.97 Å². The molecule has 0 unspecified atom stereocenters. The lowest BCUT2D eigenvalue weighted by molar-refractivity contribution is 0.0601. The third-order valence-corrected chi connectivity index (χ3v) is 3.26. The van der Waals surface area contributed by atoms with Crippen molar-refractivity contribution in [3.63, 3.8) is 0 Å². The lowest BCUT2D eigenvalue weighted by Crippen LogP contribution is -2.02. The van der Waals surface area contributed by atoms with Gasteiger partial charge in [0.25, 0.3) is 0 Å². The summed E-state index contributed by atoms with van der Waals surface area (Å²) in [5, 5.41) is 0.673. The van der Waals surface area contributed by atoms with Crippen molar-refractivity contribution < 1.29 is 9.53 Å². The molecule has 19 heavy (non-hydrogen) atoms. The van der Waals surface area contributed by atoms with E-state index in [-0.39, 0.29) is 12.0 Å². The van der Waals surface area contributed by atoms with Crippen LogP contribution in [0.1, 0.15) is 30.2 Å². The second kappa shape index (κ2) is 5.49. The van der Waals surface area contributed by atoms with Crippen LogP contribution in [0.15, 0.2) is 36.7 Å². The third kappa shape index (κ3) is 2.82. The summed E-state index contributed by atoms with van der Waals surface area (Å²) >= 11 is 5.89. The molecule has 2 rings (SSSR count). The molecule has 0 saturated carbocycles. The minimum Gasteiger partial charge on any atom is -0.465 e. The van der Waals surface area contributed by atoms with Crippen molar-refractivity contribution in [2.75, 3.05) is 7.11 Å². The van der Waals surface area contributed by atoms with Crippen LogP contribution in [0, 0.1) is 0 Å². The van der Waals surface area contributed by atoms with Gasteiger partial charge in [0.1, 0.15) is 0 Å². The lowest BCUT2D eigenvalue weighted by atomic mass is 10.1. The highest BCUT2D eigenvalue weighted by atomic mass is 35.5. The Morgan fingerprint density at radius 2 is 1.84 bits per heavy atom. The first-order chi connectivity index (χ1) is 9.02. The molecular formula is C15H16ClNO2. The molecule has 0 amide bonds. The number of carbonyl (C=O) groups is 1. The number of hydrogen-bond acceptors (Lipinski definition) is 2. The average molecular weight is 278 g/mol. The van der Waals surface area contributed by atoms with E-state index in [4.69, 9.17) is 16.3 Å². The summed E-state index contributed by atoms with van der Waals surface area (Å²) in [7, 11) is 1.39. The molecule has 1 heterocycles. The molecule has 0 bridgehead atoms. The number of methoxy groups -OCH3 is 1. The molecule has 0 N–H and O–H groups in total. The molecule has 0 aliphatic rings. The molecule has 1 aromatic heterocycles. The molecule has 100 valence electrons. The summed E-state index contributed by atoms with van der Waals surface area (Å²) in [4.78, 5) is 11.8. The topological polar surface area (TPSA) is 31.2 Å². The molecule has 0 aliphatic carbocycles. The van der Waals surface area contributed by atoms with Gasteiger partial charge in [0.2, 0.25) is 0 Å². The van der Waals surface area contributed by atoms with Gasteiger partial charge in [-0.05, 0) is 31.5 Å². The van der Waals surface area contributed by atoms with Crippen molar-refractivity contribution in [1.29, 1.82) is 0 Å². The smallest absolute Gasteiger partial charge is 0.340 e. The van der Waals surface area contributed by atoms with E-state index >= 15 is 0 Å². The predicted octanol–water partition coefficient (Wildman–Crippen LogP) is 4.18. The fourth-order valence-corrected chi connectivity index (χ4v) is 2.03. The summed E-state index contributed by atoms with van der Waals surface area (Å²) in [6, 6.07) is 7.70. The molecule has 2 aromatic rings. The maximum atomic E-state index is 11.8. The maximum absolute atomic E-state index is 11.8. The highest BCUT2D eigenvalue weighted by molar-refractivity contribution is 6.30. The van der Waals surface area contributed by atoms with Crippen LogP contribution in [0.4, 0.5) is 0 Å². The highest BCUT2D eigenvalue weighted by Crippen LogP contribution is 2.28. The number of nitrogens with zero attached hydrogens (tertiary/aromatic N) is 1. The Morgan fingerprint density at radius 3 is 2.37 bits per heavy atom. The average Bonchev–Trinajstić information content (AvgIpc) is 2.84. The molecular weight excluding hydrogens is 262 g/mol. The van der Waals surface area contributed by atoms with Gasteiger partial charge in [-0.2, -0.15) is 0 Å². The first kappa shape index (κ1) is 13.7. The summed E-state index contributed by atoms with van der Waals surface area (Å²) in [5.41, 5.74) is 2.37. The van der Waals surface area contributed by atoms with E-state index in [0.29, 0.717) is 10.6 Å². The zero-order chi connectivity index (χ0) is 14.0. The van der Waals surface area contributed by atoms with Crippen molar-refractivity contribution in [2.24, 2.45) is 0 Å². The minimum atomic E-state index is -0.329. The maximum Gasteiger partial charge on any atom is 0.340 e. The van der Waals surface area contributed by atoms with Crippen LogP contribution in [0.5, 0.6) is 0 Å². The number of benzene rings is 1. The SMILES string of the molecule is COC(=O)c1cn(C(C)C)cc1-c1ccc(Cl)cc1. The second-order valence-electron chi connectivity index (χ2n) is 4.62. The summed E-state index contributed by atoms with van der Waals surface area (Å²) in [6.07, 6.45) is 3.78. The Bertz CT molecular complexity index is 585. The summed E-state index contributed by atoms with van der Waals surface area (Å²) in [6.45, 7) is 4.12. The number of esters is 1. The normalized spacial score (nSPS) is 10.8. The molecule has 0 radical (unpaired) electrons. The molecule has 3 nitrogen and oxygen atoms in total. The van der Waals surface area contributed by atoms with Crippen LogP contribution in [0.2, 0.25) is 5.02 Å². The van der Waals surface area contributed by atoms with Gasteiger partial charge in [-0.25, -0.2) is 4.79 Å². The minimum absolute atomic E-state index is 0.282. The zero-order valence-corrected chi connectivity index (χ0v) is 11.9.